The van der Waals surface area contributed by atoms with Crippen molar-refractivity contribution in [1.29, 1.82) is 0 Å². The average Bonchev–Trinajstić information content (AvgIpc) is 3.19. The Labute approximate surface area is 206 Å². The molecule has 2 amide bonds. The zero-order valence-electron chi connectivity index (χ0n) is 20.4. The number of hydrogen-bond donors (Lipinski definition) is 2. The summed E-state index contributed by atoms with van der Waals surface area (Å²) in [5.41, 5.74) is 4.68. The summed E-state index contributed by atoms with van der Waals surface area (Å²) in [6.45, 7) is 3.76. The number of nitrogens with one attached hydrogen (secondary N) is 1. The quantitative estimate of drug-likeness (QED) is 0.568. The van der Waals surface area contributed by atoms with Gasteiger partial charge in [-0.25, -0.2) is 4.79 Å². The lowest BCUT2D eigenvalue weighted by molar-refractivity contribution is -0.148. The van der Waals surface area contributed by atoms with Gasteiger partial charge in [0, 0.05) is 23.9 Å². The molecule has 2 aromatic rings. The summed E-state index contributed by atoms with van der Waals surface area (Å²) < 4.78 is 5.67. The molecule has 4 rings (SSSR count). The molecule has 35 heavy (non-hydrogen) atoms. The van der Waals surface area contributed by atoms with Crippen molar-refractivity contribution in [2.45, 2.75) is 64.0 Å². The monoisotopic (exact) mass is 478 g/mol. The molecular formula is C28H34N2O5. The van der Waals surface area contributed by atoms with E-state index >= 15 is 0 Å². The van der Waals surface area contributed by atoms with Crippen LogP contribution < -0.4 is 5.32 Å². The maximum absolute atomic E-state index is 13.1. The summed E-state index contributed by atoms with van der Waals surface area (Å²) in [6, 6.07) is 16.1. The second-order valence-electron chi connectivity index (χ2n) is 9.65. The molecule has 2 aliphatic carbocycles. The molecule has 2 aromatic carbocycles. The standard InChI is InChI=1S/C28H34N2O5/c1-3-18(2)30(16-26(31)32)27(33)19-9-8-10-20(15-19)29-28(34)35-17-25-23-13-6-4-11-21(23)22-12-5-7-14-24(22)25/h4-7,11-14,18-20,25H,3,8-10,15-17H2,1-2H3,(H,29,34)(H,31,32)/t18?,19-,20+/m1/s1. The number of alkyl carbamates (subject to hydrolysis) is 1. The number of rotatable bonds is 8. The van der Waals surface area contributed by atoms with Gasteiger partial charge in [-0.15, -0.1) is 0 Å². The number of amides is 2. The molecule has 1 fully saturated rings. The van der Waals surface area contributed by atoms with Gasteiger partial charge in [-0.1, -0.05) is 61.9 Å². The number of aliphatic carboxylic acids is 1. The van der Waals surface area contributed by atoms with Crippen molar-refractivity contribution < 1.29 is 24.2 Å². The Morgan fingerprint density at radius 2 is 1.69 bits per heavy atom. The van der Waals surface area contributed by atoms with Gasteiger partial charge >= 0.3 is 12.1 Å². The molecule has 2 N–H and O–H groups in total. The van der Waals surface area contributed by atoms with Gasteiger partial charge < -0.3 is 20.1 Å². The van der Waals surface area contributed by atoms with Crippen LogP contribution in [0.15, 0.2) is 48.5 Å². The van der Waals surface area contributed by atoms with Crippen molar-refractivity contribution in [3.05, 3.63) is 59.7 Å². The first-order chi connectivity index (χ1) is 16.9. The molecule has 2 aliphatic rings. The van der Waals surface area contributed by atoms with Gasteiger partial charge in [-0.3, -0.25) is 9.59 Å². The lowest BCUT2D eigenvalue weighted by atomic mass is 9.84. The molecular weight excluding hydrogens is 444 g/mol. The van der Waals surface area contributed by atoms with Crippen molar-refractivity contribution in [2.24, 2.45) is 5.92 Å². The molecule has 0 aliphatic heterocycles. The summed E-state index contributed by atoms with van der Waals surface area (Å²) in [7, 11) is 0. The lowest BCUT2D eigenvalue weighted by Gasteiger charge is -2.34. The second kappa shape index (κ2) is 10.9. The molecule has 0 heterocycles. The molecule has 1 saturated carbocycles. The first-order valence-electron chi connectivity index (χ1n) is 12.5. The first-order valence-corrected chi connectivity index (χ1v) is 12.5. The van der Waals surface area contributed by atoms with E-state index < -0.39 is 12.1 Å². The van der Waals surface area contributed by atoms with E-state index in [-0.39, 0.29) is 43.0 Å². The number of ether oxygens (including phenoxy) is 1. The predicted octanol–water partition coefficient (Wildman–Crippen LogP) is 4.80. The minimum atomic E-state index is -1.01. The van der Waals surface area contributed by atoms with E-state index in [2.05, 4.69) is 29.6 Å². The number of benzene rings is 2. The zero-order valence-corrected chi connectivity index (χ0v) is 20.4. The van der Waals surface area contributed by atoms with Gasteiger partial charge in [0.2, 0.25) is 5.91 Å². The van der Waals surface area contributed by atoms with E-state index in [0.717, 1.165) is 24.0 Å². The Kier molecular flexibility index (Phi) is 7.73. The van der Waals surface area contributed by atoms with Crippen LogP contribution >= 0.6 is 0 Å². The lowest BCUT2D eigenvalue weighted by Crippen LogP contribution is -2.48. The second-order valence-corrected chi connectivity index (χ2v) is 9.65. The number of carboxylic acid groups (broad SMARTS) is 1. The fraction of sp³-hybridized carbons (Fsp3) is 0.464. The smallest absolute Gasteiger partial charge is 0.407 e. The summed E-state index contributed by atoms with van der Waals surface area (Å²) in [4.78, 5) is 38.6. The highest BCUT2D eigenvalue weighted by Gasteiger charge is 2.34. The SMILES string of the molecule is CCC(C)N(CC(=O)O)C(=O)[C@@H]1CCC[C@H](NC(=O)OCC2c3ccccc3-c3ccccc32)C1. The van der Waals surface area contributed by atoms with Gasteiger partial charge in [-0.05, 0) is 54.9 Å². The van der Waals surface area contributed by atoms with E-state index in [9.17, 15) is 19.5 Å². The van der Waals surface area contributed by atoms with Crippen LogP contribution in [-0.2, 0) is 14.3 Å². The first kappa shape index (κ1) is 24.8. The number of carbonyl (C=O) groups excluding carboxylic acids is 2. The van der Waals surface area contributed by atoms with Crippen LogP contribution in [0.1, 0.15) is 63.0 Å². The number of carbonyl (C=O) groups is 3. The Balaban J connectivity index is 1.35. The third-order valence-corrected chi connectivity index (χ3v) is 7.40. The molecule has 0 saturated heterocycles. The molecule has 7 nitrogen and oxygen atoms in total. The summed E-state index contributed by atoms with van der Waals surface area (Å²) >= 11 is 0. The molecule has 186 valence electrons. The van der Waals surface area contributed by atoms with Gasteiger partial charge in [0.25, 0.3) is 0 Å². The largest absolute Gasteiger partial charge is 0.480 e. The number of carboxylic acids is 1. The maximum Gasteiger partial charge on any atom is 0.407 e. The predicted molar refractivity (Wildman–Crippen MR) is 133 cm³/mol. The van der Waals surface area contributed by atoms with Crippen LogP contribution in [0.5, 0.6) is 0 Å². The maximum atomic E-state index is 13.1. The van der Waals surface area contributed by atoms with E-state index in [0.29, 0.717) is 19.3 Å². The van der Waals surface area contributed by atoms with Crippen molar-refractivity contribution in [1.82, 2.24) is 10.2 Å². The highest BCUT2D eigenvalue weighted by molar-refractivity contribution is 5.83. The molecule has 3 atom stereocenters. The Morgan fingerprint density at radius 1 is 1.06 bits per heavy atom. The van der Waals surface area contributed by atoms with Gasteiger partial charge in [-0.2, -0.15) is 0 Å². The van der Waals surface area contributed by atoms with Gasteiger partial charge in [0.05, 0.1) is 0 Å². The third-order valence-electron chi connectivity index (χ3n) is 7.40. The van der Waals surface area contributed by atoms with Crippen LogP contribution in [0.3, 0.4) is 0 Å². The van der Waals surface area contributed by atoms with Gasteiger partial charge in [0.1, 0.15) is 13.2 Å². The molecule has 0 spiro atoms. The highest BCUT2D eigenvalue weighted by atomic mass is 16.5. The summed E-state index contributed by atoms with van der Waals surface area (Å²) in [5.74, 6) is -1.45. The van der Waals surface area contributed by atoms with Crippen molar-refractivity contribution in [3.63, 3.8) is 0 Å². The van der Waals surface area contributed by atoms with Crippen LogP contribution in [0.4, 0.5) is 4.79 Å². The minimum absolute atomic E-state index is 0.00561. The molecule has 0 radical (unpaired) electrons. The minimum Gasteiger partial charge on any atom is -0.480 e. The fourth-order valence-corrected chi connectivity index (χ4v) is 5.40. The fourth-order valence-electron chi connectivity index (χ4n) is 5.40. The van der Waals surface area contributed by atoms with Crippen LogP contribution in [0.25, 0.3) is 11.1 Å². The average molecular weight is 479 g/mol. The van der Waals surface area contributed by atoms with Crippen LogP contribution in [0.2, 0.25) is 0 Å². The highest BCUT2D eigenvalue weighted by Crippen LogP contribution is 2.44. The Bertz CT molecular complexity index is 1040. The Hall–Kier alpha value is -3.35. The van der Waals surface area contributed by atoms with E-state index in [1.165, 1.54) is 16.0 Å². The summed E-state index contributed by atoms with van der Waals surface area (Å²) in [6.07, 6.45) is 2.98. The molecule has 1 unspecified atom stereocenters. The van der Waals surface area contributed by atoms with Crippen LogP contribution in [-0.4, -0.2) is 53.2 Å². The number of fused-ring (bicyclic) bond motifs is 3. The number of nitrogens with zero attached hydrogens (tertiary/aromatic N) is 1. The molecule has 0 aromatic heterocycles. The molecule has 0 bridgehead atoms. The summed E-state index contributed by atoms with van der Waals surface area (Å²) in [5, 5.41) is 12.2. The van der Waals surface area contributed by atoms with Crippen molar-refractivity contribution in [2.75, 3.05) is 13.2 Å². The topological polar surface area (TPSA) is 95.9 Å². The van der Waals surface area contributed by atoms with E-state index in [4.69, 9.17) is 4.74 Å². The normalized spacial score (nSPS) is 19.8. The van der Waals surface area contributed by atoms with E-state index in [1.54, 1.807) is 0 Å². The van der Waals surface area contributed by atoms with Crippen LogP contribution in [0, 0.1) is 5.92 Å². The van der Waals surface area contributed by atoms with Crippen molar-refractivity contribution in [3.8, 4) is 11.1 Å². The van der Waals surface area contributed by atoms with E-state index in [1.807, 2.05) is 38.1 Å². The Morgan fingerprint density at radius 3 is 2.29 bits per heavy atom. The third kappa shape index (κ3) is 5.50. The van der Waals surface area contributed by atoms with Gasteiger partial charge in [0.15, 0.2) is 0 Å². The van der Waals surface area contributed by atoms with Crippen molar-refractivity contribution >= 4 is 18.0 Å². The number of hydrogen-bond acceptors (Lipinski definition) is 4. The molecule has 7 heteroatoms. The zero-order chi connectivity index (χ0) is 24.9.